The molecule has 0 N–H and O–H groups in total. The van der Waals surface area contributed by atoms with E-state index in [0.717, 1.165) is 52.1 Å². The molecule has 6 heteroatoms. The topological polar surface area (TPSA) is 45.7 Å². The zero-order chi connectivity index (χ0) is 18.0. The lowest BCUT2D eigenvalue weighted by molar-refractivity contribution is -0.153. The Morgan fingerprint density at radius 3 is 2.54 bits per heavy atom. The lowest BCUT2D eigenvalue weighted by atomic mass is 9.76. The molecule has 0 bridgehead atoms. The molecule has 0 atom stereocenters. The number of rotatable bonds is 3. The maximum atomic E-state index is 14.5. The van der Waals surface area contributed by atoms with E-state index in [2.05, 4.69) is 22.0 Å². The van der Waals surface area contributed by atoms with Crippen LogP contribution >= 0.6 is 0 Å². The summed E-state index contributed by atoms with van der Waals surface area (Å²) in [6.45, 7) is 5.56. The molecule has 0 unspecified atom stereocenters. The van der Waals surface area contributed by atoms with E-state index in [1.54, 1.807) is 4.90 Å². The molecule has 1 spiro atoms. The number of aromatic nitrogens is 1. The maximum absolute atomic E-state index is 14.5. The molecule has 26 heavy (non-hydrogen) atoms. The highest BCUT2D eigenvalue weighted by Gasteiger charge is 2.48. The molecule has 0 radical (unpaired) electrons. The summed E-state index contributed by atoms with van der Waals surface area (Å²) in [6, 6.07) is 4.11. The highest BCUT2D eigenvalue weighted by atomic mass is 19.1. The van der Waals surface area contributed by atoms with Crippen molar-refractivity contribution in [3.63, 3.8) is 0 Å². The minimum atomic E-state index is -1.57. The molecule has 1 amide bonds. The molecule has 5 nitrogen and oxygen atoms in total. The monoisotopic (exact) mass is 361 g/mol. The molecule has 1 aliphatic carbocycles. The quantitative estimate of drug-likeness (QED) is 0.829. The number of hydrogen-bond donors (Lipinski definition) is 0. The largest absolute Gasteiger partial charge is 0.379 e. The third kappa shape index (κ3) is 3.62. The average Bonchev–Trinajstić information content (AvgIpc) is 2.83. The van der Waals surface area contributed by atoms with Crippen LogP contribution in [0.2, 0.25) is 0 Å². The third-order valence-electron chi connectivity index (χ3n) is 6.32. The van der Waals surface area contributed by atoms with Gasteiger partial charge >= 0.3 is 0 Å². The number of nitrogens with zero attached hydrogens (tertiary/aromatic N) is 3. The Bertz CT molecular complexity index is 627. The zero-order valence-electron chi connectivity index (χ0n) is 15.3. The molecule has 3 heterocycles. The first kappa shape index (κ1) is 17.9. The van der Waals surface area contributed by atoms with Crippen molar-refractivity contribution >= 4 is 5.91 Å². The summed E-state index contributed by atoms with van der Waals surface area (Å²) in [5.41, 5.74) is -0.240. The summed E-state index contributed by atoms with van der Waals surface area (Å²) in [4.78, 5) is 20.7. The van der Waals surface area contributed by atoms with Crippen molar-refractivity contribution < 1.29 is 13.9 Å². The van der Waals surface area contributed by atoms with Gasteiger partial charge in [-0.05, 0) is 49.8 Å². The van der Waals surface area contributed by atoms with Crippen molar-refractivity contribution in [3.8, 4) is 0 Å². The minimum absolute atomic E-state index is 0.0728. The van der Waals surface area contributed by atoms with E-state index in [0.29, 0.717) is 25.9 Å². The lowest BCUT2D eigenvalue weighted by Gasteiger charge is -2.45. The standard InChI is InChI=1S/C20H28FN3O2/c21-20(4-1-5-20)18(25)24-10-6-19(7-11-24)15-23(12-13-26-16-19)14-17-2-8-22-9-3-17/h2-3,8-9H,1,4-7,10-16H2. The van der Waals surface area contributed by atoms with Gasteiger partial charge in [-0.1, -0.05) is 0 Å². The number of carbonyl (C=O) groups excluding carboxylic acids is 1. The van der Waals surface area contributed by atoms with Crippen LogP contribution in [0.3, 0.4) is 0 Å². The first-order valence-corrected chi connectivity index (χ1v) is 9.76. The van der Waals surface area contributed by atoms with Gasteiger partial charge in [-0.3, -0.25) is 14.7 Å². The summed E-state index contributed by atoms with van der Waals surface area (Å²) < 4.78 is 20.4. The molecule has 3 fully saturated rings. The second-order valence-electron chi connectivity index (χ2n) is 8.23. The minimum Gasteiger partial charge on any atom is -0.379 e. The summed E-state index contributed by atoms with van der Waals surface area (Å²) in [6.07, 6.45) is 7.07. The molecule has 142 valence electrons. The van der Waals surface area contributed by atoms with Crippen LogP contribution in [-0.4, -0.2) is 65.8 Å². The van der Waals surface area contributed by atoms with Gasteiger partial charge < -0.3 is 9.64 Å². The highest BCUT2D eigenvalue weighted by Crippen LogP contribution is 2.40. The van der Waals surface area contributed by atoms with Gasteiger partial charge in [0.05, 0.1) is 13.2 Å². The van der Waals surface area contributed by atoms with Crippen LogP contribution in [0.4, 0.5) is 4.39 Å². The van der Waals surface area contributed by atoms with Crippen molar-refractivity contribution in [3.05, 3.63) is 30.1 Å². The second kappa shape index (κ2) is 7.24. The van der Waals surface area contributed by atoms with E-state index < -0.39 is 5.67 Å². The molecular formula is C20H28FN3O2. The zero-order valence-corrected chi connectivity index (χ0v) is 15.3. The molecule has 2 aliphatic heterocycles. The molecule has 4 rings (SSSR count). The second-order valence-corrected chi connectivity index (χ2v) is 8.23. The van der Waals surface area contributed by atoms with Gasteiger partial charge in [-0.2, -0.15) is 0 Å². The first-order valence-electron chi connectivity index (χ1n) is 9.76. The number of halogens is 1. The molecule has 1 aromatic heterocycles. The Hall–Kier alpha value is -1.53. The van der Waals surface area contributed by atoms with Crippen LogP contribution in [0.25, 0.3) is 0 Å². The van der Waals surface area contributed by atoms with Crippen molar-refractivity contribution in [1.82, 2.24) is 14.8 Å². The number of ether oxygens (including phenoxy) is 1. The lowest BCUT2D eigenvalue weighted by Crippen LogP contribution is -2.55. The van der Waals surface area contributed by atoms with E-state index >= 15 is 0 Å². The summed E-state index contributed by atoms with van der Waals surface area (Å²) in [5.74, 6) is -0.276. The predicted molar refractivity (Wildman–Crippen MR) is 96.3 cm³/mol. The fraction of sp³-hybridized carbons (Fsp3) is 0.700. The van der Waals surface area contributed by atoms with Gasteiger partial charge in [0.25, 0.3) is 5.91 Å². The Kier molecular flexibility index (Phi) is 4.97. The average molecular weight is 361 g/mol. The highest BCUT2D eigenvalue weighted by molar-refractivity contribution is 5.86. The van der Waals surface area contributed by atoms with Crippen LogP contribution in [0.1, 0.15) is 37.7 Å². The molecule has 3 aliphatic rings. The summed E-state index contributed by atoms with van der Waals surface area (Å²) >= 11 is 0. The van der Waals surface area contributed by atoms with Crippen LogP contribution in [0.15, 0.2) is 24.5 Å². The van der Waals surface area contributed by atoms with Crippen molar-refractivity contribution in [2.24, 2.45) is 5.41 Å². The number of amides is 1. The molecule has 1 aromatic rings. The number of pyridine rings is 1. The Morgan fingerprint density at radius 2 is 1.88 bits per heavy atom. The van der Waals surface area contributed by atoms with Gasteiger partial charge in [0.1, 0.15) is 0 Å². The Morgan fingerprint density at radius 1 is 1.15 bits per heavy atom. The first-order chi connectivity index (χ1) is 12.6. The molecule has 2 saturated heterocycles. The predicted octanol–water partition coefficient (Wildman–Crippen LogP) is 2.41. The van der Waals surface area contributed by atoms with E-state index in [1.165, 1.54) is 5.56 Å². The fourth-order valence-corrected chi connectivity index (χ4v) is 4.43. The number of piperidine rings is 1. The molecule has 0 aromatic carbocycles. The number of carbonyl (C=O) groups is 1. The van der Waals surface area contributed by atoms with Gasteiger partial charge in [-0.25, -0.2) is 4.39 Å². The normalized spacial score (nSPS) is 25.5. The van der Waals surface area contributed by atoms with Gasteiger partial charge in [0.15, 0.2) is 5.67 Å². The fourth-order valence-electron chi connectivity index (χ4n) is 4.43. The smallest absolute Gasteiger partial charge is 0.260 e. The van der Waals surface area contributed by atoms with Crippen LogP contribution in [0.5, 0.6) is 0 Å². The Balaban J connectivity index is 1.37. The number of alkyl halides is 1. The van der Waals surface area contributed by atoms with Crippen molar-refractivity contribution in [1.29, 1.82) is 0 Å². The van der Waals surface area contributed by atoms with Crippen LogP contribution in [-0.2, 0) is 16.1 Å². The third-order valence-corrected chi connectivity index (χ3v) is 6.32. The SMILES string of the molecule is O=C(N1CCC2(CC1)COCCN(Cc1ccncc1)C2)C1(F)CCC1. The van der Waals surface area contributed by atoms with E-state index in [-0.39, 0.29) is 11.3 Å². The summed E-state index contributed by atoms with van der Waals surface area (Å²) in [5, 5.41) is 0. The van der Waals surface area contributed by atoms with E-state index in [9.17, 15) is 9.18 Å². The summed E-state index contributed by atoms with van der Waals surface area (Å²) in [7, 11) is 0. The van der Waals surface area contributed by atoms with E-state index in [4.69, 9.17) is 4.74 Å². The van der Waals surface area contributed by atoms with Gasteiger partial charge in [0, 0.05) is 50.5 Å². The number of hydrogen-bond acceptors (Lipinski definition) is 4. The van der Waals surface area contributed by atoms with Gasteiger partial charge in [-0.15, -0.1) is 0 Å². The molecular weight excluding hydrogens is 333 g/mol. The molecule has 1 saturated carbocycles. The number of likely N-dealkylation sites (tertiary alicyclic amines) is 1. The van der Waals surface area contributed by atoms with Crippen molar-refractivity contribution in [2.45, 2.75) is 44.3 Å². The maximum Gasteiger partial charge on any atom is 0.260 e. The van der Waals surface area contributed by atoms with Crippen LogP contribution in [0, 0.1) is 5.41 Å². The Labute approximate surface area is 154 Å². The van der Waals surface area contributed by atoms with Gasteiger partial charge in [0.2, 0.25) is 0 Å². The van der Waals surface area contributed by atoms with Crippen molar-refractivity contribution in [2.75, 3.05) is 39.4 Å². The van der Waals surface area contributed by atoms with Crippen LogP contribution < -0.4 is 0 Å². The van der Waals surface area contributed by atoms with E-state index in [1.807, 2.05) is 12.4 Å².